The molecule has 0 unspecified atom stereocenters. The van der Waals surface area contributed by atoms with Crippen molar-refractivity contribution >= 4 is 11.8 Å². The number of rotatable bonds is 6. The minimum absolute atomic E-state index is 0.0157. The summed E-state index contributed by atoms with van der Waals surface area (Å²) in [4.78, 5) is 29.1. The van der Waals surface area contributed by atoms with Gasteiger partial charge in [-0.05, 0) is 37.6 Å². The van der Waals surface area contributed by atoms with Crippen molar-refractivity contribution in [1.82, 2.24) is 9.80 Å². The summed E-state index contributed by atoms with van der Waals surface area (Å²) in [6, 6.07) is 11.1. The minimum Gasteiger partial charge on any atom is -0.496 e. The summed E-state index contributed by atoms with van der Waals surface area (Å²) in [7, 11) is 3.05. The lowest BCUT2D eigenvalue weighted by molar-refractivity contribution is -0.134. The van der Waals surface area contributed by atoms with Crippen molar-refractivity contribution in [3.05, 3.63) is 53.1 Å². The summed E-state index contributed by atoms with van der Waals surface area (Å²) in [5.41, 5.74) is 2.56. The molecular formula is C23H28N2O5. The second kappa shape index (κ2) is 9.52. The van der Waals surface area contributed by atoms with Crippen LogP contribution in [0.4, 0.5) is 0 Å². The zero-order valence-corrected chi connectivity index (χ0v) is 17.9. The third-order valence-electron chi connectivity index (χ3n) is 5.24. The number of carbonyl (C=O) groups excluding carboxylic acids is 2. The van der Waals surface area contributed by atoms with E-state index in [2.05, 4.69) is 0 Å². The molecule has 0 radical (unpaired) electrons. The number of ether oxygens (including phenoxy) is 3. The van der Waals surface area contributed by atoms with Crippen LogP contribution in [0.5, 0.6) is 17.2 Å². The number of hydrogen-bond donors (Lipinski definition) is 0. The van der Waals surface area contributed by atoms with Gasteiger partial charge in [0.2, 0.25) is 0 Å². The summed E-state index contributed by atoms with van der Waals surface area (Å²) in [5, 5.41) is 0. The molecule has 0 atom stereocenters. The van der Waals surface area contributed by atoms with Crippen molar-refractivity contribution in [2.24, 2.45) is 0 Å². The normalized spacial score (nSPS) is 13.7. The van der Waals surface area contributed by atoms with E-state index >= 15 is 0 Å². The number of nitrogens with zero attached hydrogens (tertiary/aromatic N) is 2. The highest BCUT2D eigenvalue weighted by Gasteiger charge is 2.28. The van der Waals surface area contributed by atoms with Gasteiger partial charge in [-0.3, -0.25) is 9.59 Å². The first-order valence-electron chi connectivity index (χ1n) is 9.92. The van der Waals surface area contributed by atoms with Gasteiger partial charge < -0.3 is 24.0 Å². The van der Waals surface area contributed by atoms with Crippen LogP contribution >= 0.6 is 0 Å². The Balaban J connectivity index is 1.58. The molecule has 0 aromatic heterocycles. The van der Waals surface area contributed by atoms with Crippen molar-refractivity contribution in [2.45, 2.75) is 13.8 Å². The molecule has 3 rings (SSSR count). The van der Waals surface area contributed by atoms with Crippen molar-refractivity contribution < 1.29 is 23.8 Å². The first kappa shape index (κ1) is 21.5. The van der Waals surface area contributed by atoms with Crippen LogP contribution in [-0.2, 0) is 4.79 Å². The van der Waals surface area contributed by atoms with Gasteiger partial charge in [-0.15, -0.1) is 0 Å². The van der Waals surface area contributed by atoms with E-state index in [0.717, 1.165) is 11.1 Å². The molecule has 1 saturated heterocycles. The van der Waals surface area contributed by atoms with Crippen LogP contribution in [0, 0.1) is 13.8 Å². The molecule has 2 amide bonds. The van der Waals surface area contributed by atoms with E-state index in [-0.39, 0.29) is 18.4 Å². The number of piperazine rings is 1. The van der Waals surface area contributed by atoms with Crippen LogP contribution < -0.4 is 14.2 Å². The lowest BCUT2D eigenvalue weighted by atomic mass is 10.1. The second-order valence-corrected chi connectivity index (χ2v) is 7.27. The molecule has 1 aliphatic heterocycles. The average molecular weight is 412 g/mol. The predicted octanol–water partition coefficient (Wildman–Crippen LogP) is 2.68. The molecule has 7 heteroatoms. The number of carbonyl (C=O) groups is 2. The molecule has 30 heavy (non-hydrogen) atoms. The maximum atomic E-state index is 13.0. The number of aryl methyl sites for hydroxylation is 2. The summed E-state index contributed by atoms with van der Waals surface area (Å²) >= 11 is 0. The summed E-state index contributed by atoms with van der Waals surface area (Å²) in [5.74, 6) is 1.41. The molecule has 0 saturated carbocycles. The lowest BCUT2D eigenvalue weighted by Gasteiger charge is -2.35. The van der Waals surface area contributed by atoms with Gasteiger partial charge >= 0.3 is 0 Å². The number of amides is 2. The monoisotopic (exact) mass is 412 g/mol. The number of benzene rings is 2. The van der Waals surface area contributed by atoms with Crippen LogP contribution in [0.3, 0.4) is 0 Å². The number of hydrogen-bond acceptors (Lipinski definition) is 5. The van der Waals surface area contributed by atoms with Crippen LogP contribution in [0.25, 0.3) is 0 Å². The van der Waals surface area contributed by atoms with E-state index in [9.17, 15) is 9.59 Å². The predicted molar refractivity (Wildman–Crippen MR) is 113 cm³/mol. The van der Waals surface area contributed by atoms with Crippen molar-refractivity contribution in [3.8, 4) is 17.2 Å². The highest BCUT2D eigenvalue weighted by Crippen LogP contribution is 2.30. The zero-order chi connectivity index (χ0) is 21.7. The molecule has 0 spiro atoms. The Morgan fingerprint density at radius 1 is 0.867 bits per heavy atom. The molecule has 1 aliphatic rings. The maximum Gasteiger partial charge on any atom is 0.261 e. The fraction of sp³-hybridized carbons (Fsp3) is 0.391. The quantitative estimate of drug-likeness (QED) is 0.730. The smallest absolute Gasteiger partial charge is 0.261 e. The van der Waals surface area contributed by atoms with Crippen LogP contribution in [0.1, 0.15) is 21.5 Å². The molecule has 7 nitrogen and oxygen atoms in total. The Hall–Kier alpha value is -3.22. The molecule has 160 valence electrons. The molecule has 0 N–H and O–H groups in total. The van der Waals surface area contributed by atoms with Gasteiger partial charge in [0.1, 0.15) is 22.8 Å². The summed E-state index contributed by atoms with van der Waals surface area (Å²) in [6.45, 7) is 5.76. The fourth-order valence-electron chi connectivity index (χ4n) is 3.57. The highest BCUT2D eigenvalue weighted by molar-refractivity contribution is 6.00. The topological polar surface area (TPSA) is 68.3 Å². The Morgan fingerprint density at radius 2 is 1.47 bits per heavy atom. The van der Waals surface area contributed by atoms with Crippen LogP contribution in [0.2, 0.25) is 0 Å². The van der Waals surface area contributed by atoms with Gasteiger partial charge in [0, 0.05) is 26.2 Å². The Morgan fingerprint density at radius 3 is 2.03 bits per heavy atom. The van der Waals surface area contributed by atoms with Crippen LogP contribution in [-0.4, -0.2) is 68.6 Å². The first-order valence-corrected chi connectivity index (χ1v) is 9.92. The van der Waals surface area contributed by atoms with Gasteiger partial charge in [-0.25, -0.2) is 0 Å². The molecule has 2 aromatic rings. The molecule has 0 aliphatic carbocycles. The fourth-order valence-corrected chi connectivity index (χ4v) is 3.57. The van der Waals surface area contributed by atoms with E-state index in [1.807, 2.05) is 32.0 Å². The second-order valence-electron chi connectivity index (χ2n) is 7.27. The van der Waals surface area contributed by atoms with E-state index in [4.69, 9.17) is 14.2 Å². The summed E-state index contributed by atoms with van der Waals surface area (Å²) < 4.78 is 16.4. The van der Waals surface area contributed by atoms with Gasteiger partial charge in [0.05, 0.1) is 14.2 Å². The third-order valence-corrected chi connectivity index (χ3v) is 5.24. The lowest BCUT2D eigenvalue weighted by Crippen LogP contribution is -2.51. The first-order chi connectivity index (χ1) is 14.4. The van der Waals surface area contributed by atoms with Gasteiger partial charge in [-0.2, -0.15) is 0 Å². The van der Waals surface area contributed by atoms with Crippen molar-refractivity contribution in [3.63, 3.8) is 0 Å². The molecule has 1 fully saturated rings. The molecule has 0 bridgehead atoms. The van der Waals surface area contributed by atoms with Gasteiger partial charge in [-0.1, -0.05) is 23.8 Å². The van der Waals surface area contributed by atoms with Crippen molar-refractivity contribution in [1.29, 1.82) is 0 Å². The summed E-state index contributed by atoms with van der Waals surface area (Å²) in [6.07, 6.45) is 0. The van der Waals surface area contributed by atoms with Crippen LogP contribution in [0.15, 0.2) is 36.4 Å². The van der Waals surface area contributed by atoms with E-state index in [1.54, 1.807) is 28.0 Å². The Bertz CT molecular complexity index is 898. The highest BCUT2D eigenvalue weighted by atomic mass is 16.5. The molecular weight excluding hydrogens is 384 g/mol. The Kier molecular flexibility index (Phi) is 6.82. The van der Waals surface area contributed by atoms with Gasteiger partial charge in [0.25, 0.3) is 11.8 Å². The van der Waals surface area contributed by atoms with Gasteiger partial charge in [0.15, 0.2) is 6.61 Å². The standard InChI is InChI=1S/C23H28N2O5/c1-16-8-9-18(17(2)14-16)30-15-21(26)24-10-12-25(13-11-24)23(27)22-19(28-3)6-5-7-20(22)29-4/h5-9,14H,10-13,15H2,1-4H3. The maximum absolute atomic E-state index is 13.0. The van der Waals surface area contributed by atoms with E-state index in [0.29, 0.717) is 49.0 Å². The van der Waals surface area contributed by atoms with Crippen molar-refractivity contribution in [2.75, 3.05) is 47.0 Å². The van der Waals surface area contributed by atoms with E-state index < -0.39 is 0 Å². The third kappa shape index (κ3) is 4.67. The average Bonchev–Trinajstić information content (AvgIpc) is 2.77. The zero-order valence-electron chi connectivity index (χ0n) is 17.9. The van der Waals surface area contributed by atoms with E-state index in [1.165, 1.54) is 14.2 Å². The largest absolute Gasteiger partial charge is 0.496 e. The molecule has 2 aromatic carbocycles. The SMILES string of the molecule is COc1cccc(OC)c1C(=O)N1CCN(C(=O)COc2ccc(C)cc2C)CC1. The minimum atomic E-state index is -0.164. The Labute approximate surface area is 177 Å². The number of methoxy groups -OCH3 is 2. The molecule has 1 heterocycles.